The number of amides is 3. The molecule has 2 heterocycles. The zero-order chi connectivity index (χ0) is 14.2. The first kappa shape index (κ1) is 13.5. The Hall–Kier alpha value is -1.95. The summed E-state index contributed by atoms with van der Waals surface area (Å²) in [4.78, 5) is 40.6. The monoisotopic (exact) mass is 281 g/mol. The summed E-state index contributed by atoms with van der Waals surface area (Å²) in [6.45, 7) is 2.94. The normalized spacial score (nSPS) is 18.2. The van der Waals surface area contributed by atoms with Gasteiger partial charge in [-0.15, -0.1) is 0 Å². The van der Waals surface area contributed by atoms with E-state index in [2.05, 4.69) is 10.3 Å². The second kappa shape index (κ2) is 4.62. The smallest absolute Gasteiger partial charge is 0.258 e. The summed E-state index contributed by atoms with van der Waals surface area (Å²) >= 11 is 5.93. The van der Waals surface area contributed by atoms with Crippen LogP contribution in [0.1, 0.15) is 24.2 Å². The average molecular weight is 282 g/mol. The molecule has 1 aromatic rings. The SMILES string of the molecule is CC1(C)C(=O)NC(=O)CN1C(=O)c1cnccc1Cl. The molecular weight excluding hydrogens is 270 g/mol. The largest absolute Gasteiger partial charge is 0.315 e. The number of halogens is 1. The third-order valence-corrected chi connectivity index (χ3v) is 3.36. The highest BCUT2D eigenvalue weighted by Gasteiger charge is 2.44. The highest BCUT2D eigenvalue weighted by atomic mass is 35.5. The molecule has 1 fully saturated rings. The molecule has 1 aliphatic heterocycles. The number of hydrogen-bond acceptors (Lipinski definition) is 4. The summed E-state index contributed by atoms with van der Waals surface area (Å²) in [7, 11) is 0. The predicted octanol–water partition coefficient (Wildman–Crippen LogP) is 0.612. The Morgan fingerprint density at radius 3 is 2.79 bits per heavy atom. The Morgan fingerprint density at radius 2 is 2.16 bits per heavy atom. The van der Waals surface area contributed by atoms with E-state index in [-0.39, 0.29) is 17.1 Å². The molecule has 100 valence electrons. The van der Waals surface area contributed by atoms with Crippen molar-refractivity contribution in [2.24, 2.45) is 0 Å². The standard InChI is InChI=1S/C12H12ClN3O3/c1-12(2)11(19)15-9(17)6-16(12)10(18)7-5-14-4-3-8(7)13/h3-5H,6H2,1-2H3,(H,15,17,19). The van der Waals surface area contributed by atoms with Crippen LogP contribution in [-0.4, -0.2) is 39.7 Å². The van der Waals surface area contributed by atoms with Gasteiger partial charge in [0.05, 0.1) is 10.6 Å². The van der Waals surface area contributed by atoms with E-state index in [1.165, 1.54) is 23.4 Å². The molecule has 0 aromatic carbocycles. The number of nitrogens with one attached hydrogen (secondary N) is 1. The van der Waals surface area contributed by atoms with Gasteiger partial charge in [-0.2, -0.15) is 0 Å². The van der Waals surface area contributed by atoms with Crippen LogP contribution in [0.15, 0.2) is 18.5 Å². The first-order chi connectivity index (χ1) is 8.84. The molecule has 1 aliphatic rings. The first-order valence-electron chi connectivity index (χ1n) is 5.60. The van der Waals surface area contributed by atoms with E-state index in [1.807, 2.05) is 0 Å². The molecule has 1 N–H and O–H groups in total. The Labute approximate surface area is 114 Å². The fourth-order valence-corrected chi connectivity index (χ4v) is 1.97. The maximum atomic E-state index is 12.4. The van der Waals surface area contributed by atoms with Crippen molar-refractivity contribution in [3.05, 3.63) is 29.0 Å². The van der Waals surface area contributed by atoms with Gasteiger partial charge in [0.15, 0.2) is 0 Å². The second-order valence-electron chi connectivity index (χ2n) is 4.68. The first-order valence-corrected chi connectivity index (χ1v) is 5.97. The van der Waals surface area contributed by atoms with Crippen molar-refractivity contribution in [1.82, 2.24) is 15.2 Å². The number of piperazine rings is 1. The number of aromatic nitrogens is 1. The number of imide groups is 1. The Kier molecular flexibility index (Phi) is 3.28. The third kappa shape index (κ3) is 2.31. The zero-order valence-corrected chi connectivity index (χ0v) is 11.2. The minimum atomic E-state index is -1.12. The lowest BCUT2D eigenvalue weighted by molar-refractivity contribution is -0.143. The highest BCUT2D eigenvalue weighted by Crippen LogP contribution is 2.23. The molecule has 0 saturated carbocycles. The van der Waals surface area contributed by atoms with E-state index in [4.69, 9.17) is 11.6 Å². The molecule has 1 aromatic heterocycles. The Bertz CT molecular complexity index is 571. The molecule has 7 heteroatoms. The minimum Gasteiger partial charge on any atom is -0.315 e. The topological polar surface area (TPSA) is 79.4 Å². The van der Waals surface area contributed by atoms with Gasteiger partial charge in [-0.3, -0.25) is 24.7 Å². The van der Waals surface area contributed by atoms with Gasteiger partial charge in [-0.05, 0) is 19.9 Å². The van der Waals surface area contributed by atoms with E-state index in [0.717, 1.165) is 0 Å². The molecule has 0 aliphatic carbocycles. The van der Waals surface area contributed by atoms with E-state index >= 15 is 0 Å². The number of carbonyl (C=O) groups excluding carboxylic acids is 3. The van der Waals surface area contributed by atoms with Crippen molar-refractivity contribution in [3.8, 4) is 0 Å². The van der Waals surface area contributed by atoms with Crippen molar-refractivity contribution in [1.29, 1.82) is 0 Å². The average Bonchev–Trinajstić information content (AvgIpc) is 2.34. The summed E-state index contributed by atoms with van der Waals surface area (Å²) in [6, 6.07) is 1.48. The molecule has 0 radical (unpaired) electrons. The molecule has 0 unspecified atom stereocenters. The lowest BCUT2D eigenvalue weighted by atomic mass is 9.97. The molecule has 6 nitrogen and oxygen atoms in total. The van der Waals surface area contributed by atoms with Gasteiger partial charge in [0.1, 0.15) is 12.1 Å². The highest BCUT2D eigenvalue weighted by molar-refractivity contribution is 6.33. The van der Waals surface area contributed by atoms with Gasteiger partial charge in [0.2, 0.25) is 5.91 Å². The number of carbonyl (C=O) groups is 3. The van der Waals surface area contributed by atoms with Crippen LogP contribution in [0.3, 0.4) is 0 Å². The van der Waals surface area contributed by atoms with Crippen LogP contribution < -0.4 is 5.32 Å². The van der Waals surface area contributed by atoms with Gasteiger partial charge < -0.3 is 4.90 Å². The Morgan fingerprint density at radius 1 is 1.47 bits per heavy atom. The summed E-state index contributed by atoms with van der Waals surface area (Å²) < 4.78 is 0. The quantitative estimate of drug-likeness (QED) is 0.765. The summed E-state index contributed by atoms with van der Waals surface area (Å²) in [6.07, 6.45) is 2.77. The Balaban J connectivity index is 2.40. The van der Waals surface area contributed by atoms with Gasteiger partial charge in [-0.1, -0.05) is 11.6 Å². The zero-order valence-electron chi connectivity index (χ0n) is 10.4. The molecule has 19 heavy (non-hydrogen) atoms. The lowest BCUT2D eigenvalue weighted by Gasteiger charge is -2.40. The van der Waals surface area contributed by atoms with Crippen LogP contribution in [-0.2, 0) is 9.59 Å². The van der Waals surface area contributed by atoms with Crippen molar-refractivity contribution in [3.63, 3.8) is 0 Å². The third-order valence-electron chi connectivity index (χ3n) is 3.03. The predicted molar refractivity (Wildman–Crippen MR) is 67.5 cm³/mol. The van der Waals surface area contributed by atoms with Crippen LogP contribution in [0, 0.1) is 0 Å². The van der Waals surface area contributed by atoms with Crippen molar-refractivity contribution in [2.45, 2.75) is 19.4 Å². The molecule has 3 amide bonds. The number of pyridine rings is 1. The molecule has 1 saturated heterocycles. The lowest BCUT2D eigenvalue weighted by Crippen LogP contribution is -2.65. The van der Waals surface area contributed by atoms with Gasteiger partial charge in [0, 0.05) is 12.4 Å². The molecule has 0 spiro atoms. The number of nitrogens with zero attached hydrogens (tertiary/aromatic N) is 2. The summed E-state index contributed by atoms with van der Waals surface area (Å²) in [5.41, 5.74) is -0.954. The maximum Gasteiger partial charge on any atom is 0.258 e. The molecule has 0 bridgehead atoms. The van der Waals surface area contributed by atoms with E-state index < -0.39 is 23.3 Å². The number of hydrogen-bond donors (Lipinski definition) is 1. The van der Waals surface area contributed by atoms with Crippen LogP contribution in [0.2, 0.25) is 5.02 Å². The van der Waals surface area contributed by atoms with Crippen molar-refractivity contribution < 1.29 is 14.4 Å². The molecule has 0 atom stereocenters. The van der Waals surface area contributed by atoms with E-state index in [9.17, 15) is 14.4 Å². The molecular formula is C12H12ClN3O3. The van der Waals surface area contributed by atoms with Crippen molar-refractivity contribution >= 4 is 29.3 Å². The fraction of sp³-hybridized carbons (Fsp3) is 0.333. The van der Waals surface area contributed by atoms with E-state index in [0.29, 0.717) is 0 Å². The summed E-state index contributed by atoms with van der Waals surface area (Å²) in [5.74, 6) is -1.53. The van der Waals surface area contributed by atoms with Crippen LogP contribution in [0.5, 0.6) is 0 Å². The van der Waals surface area contributed by atoms with Crippen LogP contribution in [0.4, 0.5) is 0 Å². The number of rotatable bonds is 1. The van der Waals surface area contributed by atoms with Crippen LogP contribution in [0.25, 0.3) is 0 Å². The summed E-state index contributed by atoms with van der Waals surface area (Å²) in [5, 5.41) is 2.43. The van der Waals surface area contributed by atoms with Crippen molar-refractivity contribution in [2.75, 3.05) is 6.54 Å². The maximum absolute atomic E-state index is 12.4. The van der Waals surface area contributed by atoms with Gasteiger partial charge in [-0.25, -0.2) is 0 Å². The van der Waals surface area contributed by atoms with E-state index in [1.54, 1.807) is 13.8 Å². The molecule has 2 rings (SSSR count). The fourth-order valence-electron chi connectivity index (χ4n) is 1.79. The second-order valence-corrected chi connectivity index (χ2v) is 5.09. The van der Waals surface area contributed by atoms with Gasteiger partial charge >= 0.3 is 0 Å². The van der Waals surface area contributed by atoms with Gasteiger partial charge in [0.25, 0.3) is 11.8 Å². The van der Waals surface area contributed by atoms with Crippen LogP contribution >= 0.6 is 11.6 Å². The minimum absolute atomic E-state index is 0.166.